The van der Waals surface area contributed by atoms with E-state index in [0.717, 1.165) is 6.42 Å². The van der Waals surface area contributed by atoms with Gasteiger partial charge in [-0.3, -0.25) is 4.79 Å². The van der Waals surface area contributed by atoms with Gasteiger partial charge in [0, 0.05) is 6.42 Å². The van der Waals surface area contributed by atoms with Crippen molar-refractivity contribution in [2.75, 3.05) is 0 Å². The lowest BCUT2D eigenvalue weighted by molar-refractivity contribution is -0.141. The van der Waals surface area contributed by atoms with E-state index in [1.165, 1.54) is 0 Å². The van der Waals surface area contributed by atoms with Gasteiger partial charge in [0.1, 0.15) is 0 Å². The third kappa shape index (κ3) is 3.08. The highest BCUT2D eigenvalue weighted by molar-refractivity contribution is 5.70. The zero-order chi connectivity index (χ0) is 7.98. The Morgan fingerprint density at radius 3 is 2.70 bits per heavy atom. The first-order chi connectivity index (χ1) is 4.72. The van der Waals surface area contributed by atoms with Crippen molar-refractivity contribution in [2.24, 2.45) is 5.92 Å². The lowest BCUT2D eigenvalue weighted by Gasteiger charge is -2.03. The Kier molecular flexibility index (Phi) is 4.30. The topological polar surface area (TPSA) is 61.1 Å². The van der Waals surface area contributed by atoms with Gasteiger partial charge in [0.15, 0.2) is 0 Å². The molecule has 0 bridgehead atoms. The van der Waals surface area contributed by atoms with Gasteiger partial charge in [0.05, 0.1) is 12.0 Å². The molecule has 3 heteroatoms. The van der Waals surface area contributed by atoms with Gasteiger partial charge >= 0.3 is 5.97 Å². The van der Waals surface area contributed by atoms with E-state index in [1.807, 2.05) is 13.0 Å². The maximum absolute atomic E-state index is 10.3. The second-order valence-electron chi connectivity index (χ2n) is 2.19. The fourth-order valence-electron chi connectivity index (χ4n) is 0.772. The van der Waals surface area contributed by atoms with Crippen LogP contribution in [-0.4, -0.2) is 11.1 Å². The summed E-state index contributed by atoms with van der Waals surface area (Å²) < 4.78 is 0. The van der Waals surface area contributed by atoms with Gasteiger partial charge in [-0.05, 0) is 6.42 Å². The number of nitriles is 1. The summed E-state index contributed by atoms with van der Waals surface area (Å²) in [5.74, 6) is -1.32. The van der Waals surface area contributed by atoms with E-state index in [1.54, 1.807) is 0 Å². The molecule has 0 aliphatic heterocycles. The summed E-state index contributed by atoms with van der Waals surface area (Å²) in [5, 5.41) is 16.7. The summed E-state index contributed by atoms with van der Waals surface area (Å²) in [7, 11) is 0. The third-order valence-electron chi connectivity index (χ3n) is 1.32. The molecule has 0 amide bonds. The maximum Gasteiger partial charge on any atom is 0.307 e. The van der Waals surface area contributed by atoms with Crippen LogP contribution in [-0.2, 0) is 4.79 Å². The summed E-state index contributed by atoms with van der Waals surface area (Å²) in [6.45, 7) is 1.91. The fraction of sp³-hybridized carbons (Fsp3) is 0.714. The Morgan fingerprint density at radius 2 is 2.40 bits per heavy atom. The molecule has 0 aliphatic rings. The van der Waals surface area contributed by atoms with Gasteiger partial charge in [-0.15, -0.1) is 0 Å². The van der Waals surface area contributed by atoms with Crippen LogP contribution in [0.3, 0.4) is 0 Å². The van der Waals surface area contributed by atoms with Crippen LogP contribution >= 0.6 is 0 Å². The first kappa shape index (κ1) is 8.96. The molecule has 0 aromatic heterocycles. The molecule has 0 aromatic rings. The molecule has 0 aromatic carbocycles. The van der Waals surface area contributed by atoms with Crippen LogP contribution in [0.4, 0.5) is 0 Å². The van der Waals surface area contributed by atoms with Crippen molar-refractivity contribution in [2.45, 2.75) is 26.2 Å². The van der Waals surface area contributed by atoms with E-state index in [4.69, 9.17) is 10.4 Å². The lowest BCUT2D eigenvalue weighted by atomic mass is 10.0. The van der Waals surface area contributed by atoms with E-state index in [-0.39, 0.29) is 6.42 Å². The minimum atomic E-state index is -0.858. The van der Waals surface area contributed by atoms with Crippen molar-refractivity contribution < 1.29 is 9.90 Å². The summed E-state index contributed by atoms with van der Waals surface area (Å²) in [4.78, 5) is 10.3. The molecule has 10 heavy (non-hydrogen) atoms. The lowest BCUT2D eigenvalue weighted by Crippen LogP contribution is -2.12. The van der Waals surface area contributed by atoms with Crippen LogP contribution in [0.1, 0.15) is 26.2 Å². The molecule has 0 saturated carbocycles. The predicted molar refractivity (Wildman–Crippen MR) is 36.3 cm³/mol. The average Bonchev–Trinajstić information content (AvgIpc) is 1.87. The van der Waals surface area contributed by atoms with E-state index >= 15 is 0 Å². The van der Waals surface area contributed by atoms with Gasteiger partial charge in [-0.25, -0.2) is 0 Å². The smallest absolute Gasteiger partial charge is 0.307 e. The van der Waals surface area contributed by atoms with Gasteiger partial charge < -0.3 is 5.11 Å². The number of rotatable bonds is 4. The minimum absolute atomic E-state index is 0.128. The molecular weight excluding hydrogens is 130 g/mol. The highest BCUT2D eigenvalue weighted by Crippen LogP contribution is 2.09. The standard InChI is InChI=1S/C7H11NO2/c1-2-3-6(4-5-8)7(9)10/h6H,2-4H2,1H3,(H,9,10). The van der Waals surface area contributed by atoms with E-state index in [2.05, 4.69) is 0 Å². The van der Waals surface area contributed by atoms with Crippen molar-refractivity contribution >= 4 is 5.97 Å². The molecule has 1 unspecified atom stereocenters. The number of hydrogen-bond donors (Lipinski definition) is 1. The normalized spacial score (nSPS) is 12.0. The number of carboxylic acids is 1. The first-order valence-corrected chi connectivity index (χ1v) is 3.32. The minimum Gasteiger partial charge on any atom is -0.481 e. The highest BCUT2D eigenvalue weighted by Gasteiger charge is 2.14. The predicted octanol–water partition coefficient (Wildman–Crippen LogP) is 1.40. The van der Waals surface area contributed by atoms with E-state index < -0.39 is 11.9 Å². The molecule has 0 rings (SSSR count). The Labute approximate surface area is 60.3 Å². The molecular formula is C7H11NO2. The van der Waals surface area contributed by atoms with Gasteiger partial charge in [0.2, 0.25) is 0 Å². The van der Waals surface area contributed by atoms with Crippen molar-refractivity contribution in [3.05, 3.63) is 0 Å². The Hall–Kier alpha value is -1.04. The molecule has 3 nitrogen and oxygen atoms in total. The number of nitrogens with zero attached hydrogens (tertiary/aromatic N) is 1. The van der Waals surface area contributed by atoms with Crippen LogP contribution in [0, 0.1) is 17.2 Å². The molecule has 0 heterocycles. The fourth-order valence-corrected chi connectivity index (χ4v) is 0.772. The summed E-state index contributed by atoms with van der Waals surface area (Å²) in [6, 6.07) is 1.85. The number of aliphatic carboxylic acids is 1. The molecule has 0 fully saturated rings. The zero-order valence-corrected chi connectivity index (χ0v) is 6.00. The third-order valence-corrected chi connectivity index (χ3v) is 1.32. The molecule has 1 atom stereocenters. The van der Waals surface area contributed by atoms with Crippen LogP contribution in [0.25, 0.3) is 0 Å². The summed E-state index contributed by atoms with van der Waals surface area (Å²) in [5.41, 5.74) is 0. The zero-order valence-electron chi connectivity index (χ0n) is 6.00. The van der Waals surface area contributed by atoms with E-state index in [9.17, 15) is 4.79 Å². The highest BCUT2D eigenvalue weighted by atomic mass is 16.4. The van der Waals surface area contributed by atoms with Crippen molar-refractivity contribution in [1.82, 2.24) is 0 Å². The van der Waals surface area contributed by atoms with Gasteiger partial charge in [0.25, 0.3) is 0 Å². The number of hydrogen-bond acceptors (Lipinski definition) is 2. The van der Waals surface area contributed by atoms with Crippen molar-refractivity contribution in [3.63, 3.8) is 0 Å². The van der Waals surface area contributed by atoms with Crippen molar-refractivity contribution in [3.8, 4) is 6.07 Å². The Morgan fingerprint density at radius 1 is 1.80 bits per heavy atom. The van der Waals surface area contributed by atoms with Crippen LogP contribution in [0.5, 0.6) is 0 Å². The van der Waals surface area contributed by atoms with Crippen LogP contribution < -0.4 is 0 Å². The second kappa shape index (κ2) is 4.80. The molecule has 0 aliphatic carbocycles. The van der Waals surface area contributed by atoms with Gasteiger partial charge in [-0.1, -0.05) is 13.3 Å². The SMILES string of the molecule is CCCC(CC#N)C(=O)O. The van der Waals surface area contributed by atoms with Crippen LogP contribution in [0.2, 0.25) is 0 Å². The average molecular weight is 141 g/mol. The van der Waals surface area contributed by atoms with E-state index in [0.29, 0.717) is 6.42 Å². The second-order valence-corrected chi connectivity index (χ2v) is 2.19. The Balaban J connectivity index is 3.75. The number of carbonyl (C=O) groups is 1. The monoisotopic (exact) mass is 141 g/mol. The van der Waals surface area contributed by atoms with Crippen LogP contribution in [0.15, 0.2) is 0 Å². The largest absolute Gasteiger partial charge is 0.481 e. The molecule has 0 spiro atoms. The first-order valence-electron chi connectivity index (χ1n) is 3.32. The molecule has 0 radical (unpaired) electrons. The molecule has 56 valence electrons. The quantitative estimate of drug-likeness (QED) is 0.643. The summed E-state index contributed by atoms with van der Waals surface area (Å²) in [6.07, 6.45) is 1.55. The molecule has 1 N–H and O–H groups in total. The number of carboxylic acid groups (broad SMARTS) is 1. The summed E-state index contributed by atoms with van der Waals surface area (Å²) >= 11 is 0. The van der Waals surface area contributed by atoms with Crippen molar-refractivity contribution in [1.29, 1.82) is 5.26 Å². The Bertz CT molecular complexity index is 148. The molecule has 0 saturated heterocycles. The van der Waals surface area contributed by atoms with Gasteiger partial charge in [-0.2, -0.15) is 5.26 Å². The maximum atomic E-state index is 10.3.